The maximum absolute atomic E-state index is 11.8. The number of pyridine rings is 1. The van der Waals surface area contributed by atoms with Crippen LogP contribution in [0, 0.1) is 6.92 Å². The number of anilines is 2. The van der Waals surface area contributed by atoms with E-state index in [1.165, 1.54) is 7.11 Å². The summed E-state index contributed by atoms with van der Waals surface area (Å²) in [4.78, 5) is 13.0. The predicted octanol–water partition coefficient (Wildman–Crippen LogP) is 2.52. The van der Waals surface area contributed by atoms with E-state index in [-0.39, 0.29) is 23.6 Å². The second-order valence-corrected chi connectivity index (χ2v) is 9.37. The van der Waals surface area contributed by atoms with E-state index in [4.69, 9.17) is 19.9 Å². The van der Waals surface area contributed by atoms with Gasteiger partial charge >= 0.3 is 0 Å². The maximum atomic E-state index is 11.8. The number of aromatic nitrogens is 3. The number of nitrogens with zero attached hydrogens (tertiary/aromatic N) is 3. The summed E-state index contributed by atoms with van der Waals surface area (Å²) in [7, 11) is -2.10. The molecule has 0 unspecified atom stereocenters. The first-order chi connectivity index (χ1) is 15.2. The van der Waals surface area contributed by atoms with E-state index in [1.54, 1.807) is 12.3 Å². The van der Waals surface area contributed by atoms with Crippen molar-refractivity contribution in [2.75, 3.05) is 37.0 Å². The fourth-order valence-corrected chi connectivity index (χ4v) is 4.19. The predicted molar refractivity (Wildman–Crippen MR) is 121 cm³/mol. The molecule has 10 nitrogen and oxygen atoms in total. The molecule has 0 atom stereocenters. The van der Waals surface area contributed by atoms with Crippen LogP contribution in [0.4, 0.5) is 11.6 Å². The summed E-state index contributed by atoms with van der Waals surface area (Å²) in [5.74, 6) is 0.923. The van der Waals surface area contributed by atoms with Gasteiger partial charge in [0.1, 0.15) is 23.1 Å². The van der Waals surface area contributed by atoms with Crippen LogP contribution in [-0.2, 0) is 14.8 Å². The van der Waals surface area contributed by atoms with E-state index in [0.717, 1.165) is 30.0 Å². The molecule has 0 spiro atoms. The summed E-state index contributed by atoms with van der Waals surface area (Å²) < 4.78 is 43.0. The normalized spacial score (nSPS) is 15.0. The third kappa shape index (κ3) is 4.83. The number of nitrogens with one attached hydrogen (secondary N) is 1. The van der Waals surface area contributed by atoms with Gasteiger partial charge in [0, 0.05) is 30.0 Å². The van der Waals surface area contributed by atoms with Gasteiger partial charge in [-0.2, -0.15) is 0 Å². The van der Waals surface area contributed by atoms with Crippen LogP contribution in [0.3, 0.4) is 0 Å². The lowest BCUT2D eigenvalue weighted by Crippen LogP contribution is -2.26. The molecule has 1 aliphatic heterocycles. The van der Waals surface area contributed by atoms with Crippen molar-refractivity contribution in [3.63, 3.8) is 0 Å². The van der Waals surface area contributed by atoms with Gasteiger partial charge in [0.05, 0.1) is 32.3 Å². The number of methoxy groups -OCH3 is 1. The molecule has 3 N–H and O–H groups in total. The molecule has 170 valence electrons. The van der Waals surface area contributed by atoms with Crippen molar-refractivity contribution in [2.45, 2.75) is 25.9 Å². The van der Waals surface area contributed by atoms with E-state index in [2.05, 4.69) is 19.7 Å². The van der Waals surface area contributed by atoms with E-state index in [1.807, 2.05) is 19.1 Å². The average molecular weight is 460 g/mol. The Balaban J connectivity index is 1.84. The van der Waals surface area contributed by atoms with Crippen LogP contribution in [0.25, 0.3) is 22.0 Å². The van der Waals surface area contributed by atoms with Gasteiger partial charge in [-0.05, 0) is 30.7 Å². The molecule has 11 heteroatoms. The molecule has 4 rings (SSSR count). The van der Waals surface area contributed by atoms with Crippen molar-refractivity contribution < 1.29 is 22.6 Å². The fourth-order valence-electron chi connectivity index (χ4n) is 3.65. The van der Waals surface area contributed by atoms with Gasteiger partial charge in [-0.1, -0.05) is 0 Å². The summed E-state index contributed by atoms with van der Waals surface area (Å²) >= 11 is 0. The van der Waals surface area contributed by atoms with Crippen molar-refractivity contribution in [3.8, 4) is 22.8 Å². The van der Waals surface area contributed by atoms with Crippen molar-refractivity contribution in [1.82, 2.24) is 15.0 Å². The van der Waals surface area contributed by atoms with Gasteiger partial charge in [-0.3, -0.25) is 4.72 Å². The summed E-state index contributed by atoms with van der Waals surface area (Å²) in [5, 5.41) is 0.784. The third-order valence-corrected chi connectivity index (χ3v) is 5.70. The van der Waals surface area contributed by atoms with Crippen molar-refractivity contribution in [2.24, 2.45) is 0 Å². The lowest BCUT2D eigenvalue weighted by Gasteiger charge is -2.24. The number of ether oxygens (including phenoxy) is 3. The van der Waals surface area contributed by atoms with Crippen LogP contribution in [0.2, 0.25) is 0 Å². The molecule has 1 saturated heterocycles. The Morgan fingerprint density at radius 3 is 2.59 bits per heavy atom. The first kappa shape index (κ1) is 22.0. The minimum atomic E-state index is -3.52. The Hall–Kier alpha value is -3.18. The molecule has 32 heavy (non-hydrogen) atoms. The number of aryl methyl sites for hydroxylation is 1. The van der Waals surface area contributed by atoms with Crippen LogP contribution in [0.5, 0.6) is 11.6 Å². The Kier molecular flexibility index (Phi) is 6.02. The zero-order valence-corrected chi connectivity index (χ0v) is 18.9. The van der Waals surface area contributed by atoms with E-state index >= 15 is 0 Å². The highest BCUT2D eigenvalue weighted by molar-refractivity contribution is 7.92. The largest absolute Gasteiger partial charge is 0.488 e. The molecule has 0 saturated carbocycles. The van der Waals surface area contributed by atoms with Gasteiger partial charge in [-0.15, -0.1) is 0 Å². The number of fused-ring (bicyclic) bond motifs is 1. The van der Waals surface area contributed by atoms with Crippen molar-refractivity contribution >= 4 is 32.6 Å². The maximum Gasteiger partial charge on any atom is 0.238 e. The summed E-state index contributed by atoms with van der Waals surface area (Å²) in [5.41, 5.74) is 8.92. The van der Waals surface area contributed by atoms with E-state index < -0.39 is 10.0 Å². The molecular formula is C21H25N5O5S. The number of hydrogen-bond acceptors (Lipinski definition) is 9. The molecule has 3 heterocycles. The summed E-state index contributed by atoms with van der Waals surface area (Å²) in [6.07, 6.45) is 4.23. The van der Waals surface area contributed by atoms with Gasteiger partial charge in [0.25, 0.3) is 0 Å². The molecule has 0 bridgehead atoms. The highest BCUT2D eigenvalue weighted by atomic mass is 32.2. The topological polar surface area (TPSA) is 139 Å². The lowest BCUT2D eigenvalue weighted by molar-refractivity contribution is 0.0261. The summed E-state index contributed by atoms with van der Waals surface area (Å²) in [6.45, 7) is 3.13. The summed E-state index contributed by atoms with van der Waals surface area (Å²) in [6, 6.07) is 5.44. The van der Waals surface area contributed by atoms with Gasteiger partial charge in [-0.25, -0.2) is 23.4 Å². The van der Waals surface area contributed by atoms with Gasteiger partial charge in [0.2, 0.25) is 21.9 Å². The number of hydrogen-bond donors (Lipinski definition) is 2. The number of nitrogens with two attached hydrogens (primary N) is 1. The number of sulfonamides is 1. The van der Waals surface area contributed by atoms with Crippen molar-refractivity contribution in [3.05, 3.63) is 30.1 Å². The van der Waals surface area contributed by atoms with E-state index in [9.17, 15) is 8.42 Å². The van der Waals surface area contributed by atoms with Gasteiger partial charge in [0.15, 0.2) is 0 Å². The second kappa shape index (κ2) is 8.75. The molecule has 1 aromatic carbocycles. The second-order valence-electron chi connectivity index (χ2n) is 7.62. The average Bonchev–Trinajstić information content (AvgIpc) is 2.73. The SMILES string of the molecule is COc1ncc(-c2cc(OC3CCOCC3)c3nc(N)nc(C)c3c2)cc1NS(C)(=O)=O. The molecule has 3 aromatic rings. The standard InChI is InChI=1S/C21H25N5O5S/c1-12-16-8-13(14-9-17(26-32(3,27)28)20(29-2)23-11-14)10-18(19(16)25-21(22)24-12)31-15-4-6-30-7-5-15/h8-11,15,26H,4-7H2,1-3H3,(H2,22,24,25). The quantitative estimate of drug-likeness (QED) is 0.569. The zero-order valence-electron chi connectivity index (χ0n) is 18.1. The highest BCUT2D eigenvalue weighted by Crippen LogP contribution is 2.36. The number of benzene rings is 1. The Bertz CT molecular complexity index is 1260. The molecule has 1 aliphatic rings. The minimum absolute atomic E-state index is 0.00449. The molecule has 0 amide bonds. The third-order valence-electron chi connectivity index (χ3n) is 5.11. The molecule has 1 fully saturated rings. The number of nitrogen functional groups attached to an aromatic ring is 1. The first-order valence-corrected chi connectivity index (χ1v) is 12.0. The molecule has 2 aromatic heterocycles. The molecular weight excluding hydrogens is 434 g/mol. The first-order valence-electron chi connectivity index (χ1n) is 10.1. The van der Waals surface area contributed by atoms with Crippen LogP contribution < -0.4 is 19.9 Å². The Morgan fingerprint density at radius 1 is 1.16 bits per heavy atom. The van der Waals surface area contributed by atoms with Crippen LogP contribution >= 0.6 is 0 Å². The lowest BCUT2D eigenvalue weighted by atomic mass is 10.0. The van der Waals surface area contributed by atoms with Gasteiger partial charge < -0.3 is 19.9 Å². The van der Waals surface area contributed by atoms with Crippen LogP contribution in [0.15, 0.2) is 24.4 Å². The van der Waals surface area contributed by atoms with Crippen LogP contribution in [-0.4, -0.2) is 56.1 Å². The molecule has 0 radical (unpaired) electrons. The monoisotopic (exact) mass is 459 g/mol. The van der Waals surface area contributed by atoms with E-state index in [0.29, 0.717) is 35.7 Å². The molecule has 0 aliphatic carbocycles. The van der Waals surface area contributed by atoms with Crippen molar-refractivity contribution in [1.29, 1.82) is 0 Å². The van der Waals surface area contributed by atoms with Crippen LogP contribution in [0.1, 0.15) is 18.5 Å². The number of rotatable bonds is 6. The highest BCUT2D eigenvalue weighted by Gasteiger charge is 2.20. The Morgan fingerprint density at radius 2 is 1.91 bits per heavy atom. The fraction of sp³-hybridized carbons (Fsp3) is 0.381. The zero-order chi connectivity index (χ0) is 22.9. The smallest absolute Gasteiger partial charge is 0.238 e. The Labute approximate surface area is 186 Å². The minimum Gasteiger partial charge on any atom is -0.488 e.